The standard InChI is InChI=1S/C13H15N3O4/c1-2-9-3-4-11(20-9)12(17)16-10(13(18)19)5-8-6-14-7-15-8/h3-4,6-7,10H,2,5H2,1H3,(H,14,15)(H,16,17)(H,18,19)/t10-/m1/s1. The summed E-state index contributed by atoms with van der Waals surface area (Å²) in [4.78, 5) is 29.7. The molecular formula is C13H15N3O4. The number of nitrogens with zero attached hydrogens (tertiary/aromatic N) is 1. The summed E-state index contributed by atoms with van der Waals surface area (Å²) >= 11 is 0. The van der Waals surface area contributed by atoms with Crippen LogP contribution in [0.2, 0.25) is 0 Å². The molecule has 0 fully saturated rings. The first-order valence-corrected chi connectivity index (χ1v) is 6.19. The number of aromatic amines is 1. The summed E-state index contributed by atoms with van der Waals surface area (Å²) in [7, 11) is 0. The van der Waals surface area contributed by atoms with E-state index < -0.39 is 17.9 Å². The van der Waals surface area contributed by atoms with Crippen LogP contribution in [0.3, 0.4) is 0 Å². The van der Waals surface area contributed by atoms with Crippen LogP contribution in [0.4, 0.5) is 0 Å². The molecule has 0 aliphatic heterocycles. The van der Waals surface area contributed by atoms with Crippen molar-refractivity contribution in [1.29, 1.82) is 0 Å². The van der Waals surface area contributed by atoms with Crippen molar-refractivity contribution in [3.8, 4) is 0 Å². The van der Waals surface area contributed by atoms with Gasteiger partial charge in [0, 0.05) is 24.7 Å². The highest BCUT2D eigenvalue weighted by Crippen LogP contribution is 2.09. The maximum absolute atomic E-state index is 11.9. The van der Waals surface area contributed by atoms with Crippen molar-refractivity contribution < 1.29 is 19.1 Å². The van der Waals surface area contributed by atoms with E-state index in [-0.39, 0.29) is 12.2 Å². The number of furan rings is 1. The van der Waals surface area contributed by atoms with Gasteiger partial charge in [-0.05, 0) is 12.1 Å². The molecule has 2 heterocycles. The van der Waals surface area contributed by atoms with Gasteiger partial charge in [0.15, 0.2) is 5.76 Å². The molecule has 1 amide bonds. The lowest BCUT2D eigenvalue weighted by atomic mass is 10.1. The van der Waals surface area contributed by atoms with Crippen LogP contribution in [0.1, 0.15) is 28.9 Å². The lowest BCUT2D eigenvalue weighted by Crippen LogP contribution is -2.42. The maximum Gasteiger partial charge on any atom is 0.326 e. The van der Waals surface area contributed by atoms with Crippen LogP contribution in [0.5, 0.6) is 0 Å². The zero-order chi connectivity index (χ0) is 14.5. The molecule has 7 heteroatoms. The van der Waals surface area contributed by atoms with Crippen LogP contribution in [0.25, 0.3) is 0 Å². The largest absolute Gasteiger partial charge is 0.480 e. The van der Waals surface area contributed by atoms with Crippen LogP contribution in [0, 0.1) is 0 Å². The third-order valence-electron chi connectivity index (χ3n) is 2.82. The van der Waals surface area contributed by atoms with Crippen molar-refractivity contribution in [1.82, 2.24) is 15.3 Å². The highest BCUT2D eigenvalue weighted by Gasteiger charge is 2.23. The van der Waals surface area contributed by atoms with Gasteiger partial charge in [0.25, 0.3) is 5.91 Å². The van der Waals surface area contributed by atoms with Crippen molar-refractivity contribution in [2.24, 2.45) is 0 Å². The first-order chi connectivity index (χ1) is 9.60. The highest BCUT2D eigenvalue weighted by atomic mass is 16.4. The predicted octanol–water partition coefficient (Wildman–Crippen LogP) is 0.991. The number of hydrogen-bond donors (Lipinski definition) is 3. The van der Waals surface area contributed by atoms with E-state index in [0.717, 1.165) is 0 Å². The van der Waals surface area contributed by atoms with E-state index in [4.69, 9.17) is 9.52 Å². The van der Waals surface area contributed by atoms with E-state index in [1.165, 1.54) is 18.6 Å². The lowest BCUT2D eigenvalue weighted by Gasteiger charge is -2.12. The molecule has 0 aliphatic carbocycles. The molecule has 0 aliphatic rings. The SMILES string of the molecule is CCc1ccc(C(=O)N[C@H](Cc2cnc[nH]2)C(=O)O)o1. The number of amides is 1. The number of nitrogens with one attached hydrogen (secondary N) is 2. The minimum Gasteiger partial charge on any atom is -0.480 e. The van der Waals surface area contributed by atoms with Gasteiger partial charge in [-0.2, -0.15) is 0 Å². The quantitative estimate of drug-likeness (QED) is 0.729. The van der Waals surface area contributed by atoms with Gasteiger partial charge >= 0.3 is 5.97 Å². The molecule has 2 rings (SSSR count). The van der Waals surface area contributed by atoms with Gasteiger partial charge in [-0.3, -0.25) is 4.79 Å². The number of carboxylic acid groups (broad SMARTS) is 1. The number of hydrogen-bond acceptors (Lipinski definition) is 4. The van der Waals surface area contributed by atoms with Gasteiger partial charge in [0.2, 0.25) is 0 Å². The molecule has 3 N–H and O–H groups in total. The third kappa shape index (κ3) is 3.25. The summed E-state index contributed by atoms with van der Waals surface area (Å²) < 4.78 is 5.29. The Bertz CT molecular complexity index is 589. The first kappa shape index (κ1) is 13.9. The normalized spacial score (nSPS) is 12.1. The second-order valence-electron chi connectivity index (χ2n) is 4.26. The fourth-order valence-electron chi connectivity index (χ4n) is 1.74. The van der Waals surface area contributed by atoms with Crippen LogP contribution in [-0.4, -0.2) is 33.0 Å². The Balaban J connectivity index is 2.04. The Morgan fingerprint density at radius 3 is 2.85 bits per heavy atom. The molecule has 20 heavy (non-hydrogen) atoms. The Morgan fingerprint density at radius 1 is 1.50 bits per heavy atom. The number of aliphatic carboxylic acids is 1. The number of carboxylic acids is 1. The van der Waals surface area contributed by atoms with Crippen molar-refractivity contribution >= 4 is 11.9 Å². The molecule has 106 valence electrons. The molecule has 0 saturated carbocycles. The second kappa shape index (κ2) is 6.05. The van der Waals surface area contributed by atoms with Gasteiger partial charge in [0.05, 0.1) is 6.33 Å². The second-order valence-corrected chi connectivity index (χ2v) is 4.26. The molecule has 2 aromatic rings. The molecule has 0 bridgehead atoms. The van der Waals surface area contributed by atoms with Crippen LogP contribution in [-0.2, 0) is 17.6 Å². The Labute approximate surface area is 115 Å². The predicted molar refractivity (Wildman–Crippen MR) is 69.3 cm³/mol. The van der Waals surface area contributed by atoms with E-state index in [1.54, 1.807) is 6.07 Å². The smallest absolute Gasteiger partial charge is 0.326 e. The summed E-state index contributed by atoms with van der Waals surface area (Å²) in [5, 5.41) is 11.6. The summed E-state index contributed by atoms with van der Waals surface area (Å²) in [6.45, 7) is 1.90. The molecule has 0 radical (unpaired) electrons. The van der Waals surface area contributed by atoms with Gasteiger partial charge in [-0.25, -0.2) is 9.78 Å². The Kier molecular flexibility index (Phi) is 4.19. The van der Waals surface area contributed by atoms with Gasteiger partial charge in [-0.15, -0.1) is 0 Å². The molecule has 7 nitrogen and oxygen atoms in total. The molecular weight excluding hydrogens is 262 g/mol. The van der Waals surface area contributed by atoms with Crippen molar-refractivity contribution in [3.63, 3.8) is 0 Å². The molecule has 0 aromatic carbocycles. The fourth-order valence-corrected chi connectivity index (χ4v) is 1.74. The minimum atomic E-state index is -1.12. The fraction of sp³-hybridized carbons (Fsp3) is 0.308. The average molecular weight is 277 g/mol. The number of carbonyl (C=O) groups excluding carboxylic acids is 1. The molecule has 0 unspecified atom stereocenters. The van der Waals surface area contributed by atoms with E-state index in [2.05, 4.69) is 15.3 Å². The molecule has 1 atom stereocenters. The van der Waals surface area contributed by atoms with Gasteiger partial charge in [0.1, 0.15) is 11.8 Å². The van der Waals surface area contributed by atoms with Crippen molar-refractivity contribution in [2.75, 3.05) is 0 Å². The Hall–Kier alpha value is -2.57. The zero-order valence-corrected chi connectivity index (χ0v) is 10.9. The summed E-state index contributed by atoms with van der Waals surface area (Å²) in [6, 6.07) is 2.18. The minimum absolute atomic E-state index is 0.109. The van der Waals surface area contributed by atoms with E-state index in [1.807, 2.05) is 6.92 Å². The number of rotatable bonds is 6. The molecule has 0 spiro atoms. The number of imidazole rings is 1. The van der Waals surface area contributed by atoms with Crippen LogP contribution >= 0.6 is 0 Å². The maximum atomic E-state index is 11.9. The number of H-pyrrole nitrogens is 1. The van der Waals surface area contributed by atoms with Crippen molar-refractivity contribution in [3.05, 3.63) is 41.9 Å². The number of carbonyl (C=O) groups is 2. The zero-order valence-electron chi connectivity index (χ0n) is 10.9. The average Bonchev–Trinajstić information content (AvgIpc) is 3.08. The summed E-state index contributed by atoms with van der Waals surface area (Å²) in [5.41, 5.74) is 0.631. The molecule has 0 saturated heterocycles. The number of aromatic nitrogens is 2. The Morgan fingerprint density at radius 2 is 2.30 bits per heavy atom. The number of aryl methyl sites for hydroxylation is 1. The lowest BCUT2D eigenvalue weighted by molar-refractivity contribution is -0.139. The topological polar surface area (TPSA) is 108 Å². The first-order valence-electron chi connectivity index (χ1n) is 6.19. The highest BCUT2D eigenvalue weighted by molar-refractivity contribution is 5.94. The third-order valence-corrected chi connectivity index (χ3v) is 2.82. The van der Waals surface area contributed by atoms with E-state index in [9.17, 15) is 9.59 Å². The summed E-state index contributed by atoms with van der Waals surface area (Å²) in [6.07, 6.45) is 3.77. The van der Waals surface area contributed by atoms with Crippen molar-refractivity contribution in [2.45, 2.75) is 25.8 Å². The van der Waals surface area contributed by atoms with Crippen LogP contribution in [0.15, 0.2) is 29.1 Å². The van der Waals surface area contributed by atoms with E-state index >= 15 is 0 Å². The summed E-state index contributed by atoms with van der Waals surface area (Å²) in [5.74, 6) is -0.875. The van der Waals surface area contributed by atoms with Gasteiger partial charge < -0.3 is 19.8 Å². The molecule has 2 aromatic heterocycles. The van der Waals surface area contributed by atoms with Gasteiger partial charge in [-0.1, -0.05) is 6.92 Å². The van der Waals surface area contributed by atoms with E-state index in [0.29, 0.717) is 17.9 Å². The van der Waals surface area contributed by atoms with Crippen LogP contribution < -0.4 is 5.32 Å². The monoisotopic (exact) mass is 277 g/mol.